The first kappa shape index (κ1) is 15.8. The molecule has 7 heavy (non-hydrogen) atoms. The van der Waals surface area contributed by atoms with E-state index in [2.05, 4.69) is 0 Å². The molecule has 5 nitrogen and oxygen atoms in total. The quantitative estimate of drug-likeness (QED) is 0.421. The van der Waals surface area contributed by atoms with Crippen molar-refractivity contribution in [1.29, 1.82) is 0 Å². The Morgan fingerprint density at radius 3 is 1.14 bits per heavy atom. The fourth-order valence-corrected chi connectivity index (χ4v) is 0. The minimum atomic E-state index is -5.25. The van der Waals surface area contributed by atoms with Gasteiger partial charge in [0, 0.05) is 0 Å². The summed E-state index contributed by atoms with van der Waals surface area (Å²) in [6.45, 7) is 0. The van der Waals surface area contributed by atoms with Crippen molar-refractivity contribution in [3.8, 4) is 0 Å². The molecule has 0 rings (SSSR count). The van der Waals surface area contributed by atoms with Crippen molar-refractivity contribution >= 4 is 0 Å². The Balaban J connectivity index is -0.0000000800. The van der Waals surface area contributed by atoms with Crippen LogP contribution in [0.25, 0.3) is 0 Å². The van der Waals surface area contributed by atoms with Gasteiger partial charge in [-0.2, -0.15) is 0 Å². The average molecular weight is 156 g/mol. The van der Waals surface area contributed by atoms with E-state index in [1.807, 2.05) is 0 Å². The molecule has 0 saturated carbocycles. The molecule has 0 aromatic heterocycles. The summed E-state index contributed by atoms with van der Waals surface area (Å²) in [4.78, 5) is 0. The predicted molar refractivity (Wildman–Crippen MR) is 11.9 cm³/mol. The van der Waals surface area contributed by atoms with E-state index in [0.717, 1.165) is 0 Å². The Morgan fingerprint density at radius 1 is 1.14 bits per heavy atom. The van der Waals surface area contributed by atoms with E-state index in [-0.39, 0.29) is 10.2 Å². The molecule has 48 valence electrons. The Hall–Kier alpha value is -0.0575. The van der Waals surface area contributed by atoms with Crippen molar-refractivity contribution in [2.45, 2.75) is 0 Å². The van der Waals surface area contributed by atoms with Crippen LogP contribution in [0.4, 0.5) is 4.70 Å². The second-order valence-corrected chi connectivity index (χ2v) is 1.85. The van der Waals surface area contributed by atoms with E-state index in [0.29, 0.717) is 0 Å². The van der Waals surface area contributed by atoms with E-state index < -0.39 is 13.6 Å². The number of halogens is 1. The third-order valence-electron chi connectivity index (χ3n) is 0. The molecule has 0 aromatic rings. The van der Waals surface area contributed by atoms with Gasteiger partial charge in [-0.05, 0) is 0 Å². The van der Waals surface area contributed by atoms with Crippen LogP contribution in [0, 0.1) is 0 Å². The van der Waals surface area contributed by atoms with Gasteiger partial charge >= 0.3 is 29.5 Å². The summed E-state index contributed by atoms with van der Waals surface area (Å²) >= 11 is -5.25. The van der Waals surface area contributed by atoms with Gasteiger partial charge in [0.1, 0.15) is 0 Å². The summed E-state index contributed by atoms with van der Waals surface area (Å²) in [7, 11) is 0. The van der Waals surface area contributed by atoms with Crippen LogP contribution in [0.2, 0.25) is 0 Å². The second-order valence-electron chi connectivity index (χ2n) is 0.448. The number of hydrogen-bond donors (Lipinski definition) is 2. The topological polar surface area (TPSA) is 106 Å². The first-order valence-corrected chi connectivity index (χ1v) is 2.88. The Bertz CT molecular complexity index is 91.2. The molecule has 0 amide bonds. The summed E-state index contributed by atoms with van der Waals surface area (Å²) in [6, 6.07) is 0. The Kier molecular flexibility index (Phi) is 9.26. The van der Waals surface area contributed by atoms with Crippen molar-refractivity contribution in [2.24, 2.45) is 0 Å². The Labute approximate surface area is 40.6 Å². The SMILES string of the molecule is F.O.[O]=[Cr](=[O])([OH])[OH]. The van der Waals surface area contributed by atoms with Gasteiger partial charge in [0.05, 0.1) is 0 Å². The minimum absolute atomic E-state index is 0. The van der Waals surface area contributed by atoms with Crippen LogP contribution in [0.5, 0.6) is 0 Å². The molecule has 0 radical (unpaired) electrons. The standard InChI is InChI=1S/Cr.FH.3H2O.2O/h;1H;3*1H2;;/q+2;;;;;;/p-2. The maximum atomic E-state index is 8.82. The van der Waals surface area contributed by atoms with Gasteiger partial charge in [-0.1, -0.05) is 0 Å². The summed E-state index contributed by atoms with van der Waals surface area (Å²) < 4.78 is 31.9. The average Bonchev–Trinajstić information content (AvgIpc) is 0.722. The molecule has 4 N–H and O–H groups in total. The first-order chi connectivity index (χ1) is 2.00. The van der Waals surface area contributed by atoms with Gasteiger partial charge in [0.25, 0.3) is 0 Å². The molecule has 0 bridgehead atoms. The van der Waals surface area contributed by atoms with Gasteiger partial charge in [0.2, 0.25) is 0 Å². The molecular formula is H5CrFO5. The summed E-state index contributed by atoms with van der Waals surface area (Å²) in [5, 5.41) is 0. The molecule has 0 unspecified atom stereocenters. The fourth-order valence-electron chi connectivity index (χ4n) is 0. The second kappa shape index (κ2) is 4.11. The van der Waals surface area contributed by atoms with Gasteiger partial charge in [0.15, 0.2) is 0 Å². The molecule has 0 atom stereocenters. The predicted octanol–water partition coefficient (Wildman–Crippen LogP) is -2.03. The van der Waals surface area contributed by atoms with Crippen LogP contribution in [-0.2, 0) is 21.2 Å². The normalized spacial score (nSPS) is 8.29. The molecule has 0 aliphatic carbocycles. The Morgan fingerprint density at radius 2 is 1.14 bits per heavy atom. The van der Waals surface area contributed by atoms with E-state index >= 15 is 0 Å². The zero-order chi connectivity index (χ0) is 4.50. The van der Waals surface area contributed by atoms with E-state index in [9.17, 15) is 0 Å². The molecule has 0 saturated heterocycles. The van der Waals surface area contributed by atoms with Crippen LogP contribution in [-0.4, -0.2) is 13.8 Å². The van der Waals surface area contributed by atoms with Crippen LogP contribution < -0.4 is 0 Å². The molecule has 0 spiro atoms. The first-order valence-electron chi connectivity index (χ1n) is 0.698. The third-order valence-corrected chi connectivity index (χ3v) is 0. The molecule has 0 fully saturated rings. The summed E-state index contributed by atoms with van der Waals surface area (Å²) in [5.74, 6) is 0. The monoisotopic (exact) mass is 156 g/mol. The van der Waals surface area contributed by atoms with Crippen molar-refractivity contribution in [3.63, 3.8) is 0 Å². The van der Waals surface area contributed by atoms with Gasteiger partial charge in [-0.15, -0.1) is 0 Å². The zero-order valence-corrected chi connectivity index (χ0v) is 4.30. The van der Waals surface area contributed by atoms with E-state index in [1.54, 1.807) is 0 Å². The molecule has 0 aliphatic heterocycles. The summed E-state index contributed by atoms with van der Waals surface area (Å²) in [5.41, 5.74) is 0. The molecule has 0 aliphatic rings. The third kappa shape index (κ3) is 27900. The van der Waals surface area contributed by atoms with Gasteiger partial charge < -0.3 is 5.48 Å². The van der Waals surface area contributed by atoms with E-state index in [1.165, 1.54) is 0 Å². The van der Waals surface area contributed by atoms with Crippen LogP contribution in [0.1, 0.15) is 0 Å². The maximum absolute atomic E-state index is 8.82. The van der Waals surface area contributed by atoms with Crippen molar-refractivity contribution in [3.05, 3.63) is 0 Å². The zero-order valence-electron chi connectivity index (χ0n) is 3.03. The van der Waals surface area contributed by atoms with Gasteiger partial charge in [-0.25, -0.2) is 0 Å². The fraction of sp³-hybridized carbons (Fsp3) is 0. The van der Waals surface area contributed by atoms with Crippen LogP contribution in [0.15, 0.2) is 0 Å². The van der Waals surface area contributed by atoms with Crippen molar-refractivity contribution in [2.75, 3.05) is 0 Å². The number of rotatable bonds is 0. The summed E-state index contributed by atoms with van der Waals surface area (Å²) in [6.07, 6.45) is 0. The van der Waals surface area contributed by atoms with Crippen molar-refractivity contribution in [1.82, 2.24) is 0 Å². The van der Waals surface area contributed by atoms with Crippen LogP contribution in [0.3, 0.4) is 0 Å². The number of hydrogen-bond acceptors (Lipinski definition) is 2. The molecule has 7 heteroatoms. The molecular weight excluding hydrogens is 151 g/mol. The molecule has 0 aromatic carbocycles. The molecule has 0 heterocycles. The van der Waals surface area contributed by atoms with Crippen LogP contribution >= 0.6 is 0 Å². The van der Waals surface area contributed by atoms with E-state index in [4.69, 9.17) is 15.9 Å². The van der Waals surface area contributed by atoms with Crippen molar-refractivity contribution < 1.29 is 39.7 Å². The van der Waals surface area contributed by atoms with Gasteiger partial charge in [-0.3, -0.25) is 4.70 Å².